The van der Waals surface area contributed by atoms with Gasteiger partial charge in [0.15, 0.2) is 6.61 Å². The van der Waals surface area contributed by atoms with Crippen molar-refractivity contribution in [1.82, 2.24) is 10.0 Å². The summed E-state index contributed by atoms with van der Waals surface area (Å²) in [5.74, 6) is -1.19. The molecule has 0 heterocycles. The number of nitrogens with one attached hydrogen (secondary N) is 2. The van der Waals surface area contributed by atoms with Crippen LogP contribution in [0.5, 0.6) is 0 Å². The molecule has 1 aliphatic carbocycles. The van der Waals surface area contributed by atoms with Gasteiger partial charge in [-0.05, 0) is 61.8 Å². The van der Waals surface area contributed by atoms with E-state index in [0.29, 0.717) is 0 Å². The van der Waals surface area contributed by atoms with Crippen LogP contribution in [-0.2, 0) is 37.2 Å². The number of hydrogen-bond donors (Lipinski definition) is 2. The molecule has 2 N–H and O–H groups in total. The van der Waals surface area contributed by atoms with Crippen LogP contribution in [-0.4, -0.2) is 39.5 Å². The molecular weight excluding hydrogens is 368 g/mol. The monoisotopic (exact) mass is 396 g/mol. The number of ether oxygens (including phenoxy) is 1. The van der Waals surface area contributed by atoms with Crippen LogP contribution >= 0.6 is 0 Å². The molecule has 0 unspecified atom stereocenters. The average Bonchev–Trinajstić information content (AvgIpc) is 2.68. The lowest BCUT2D eigenvalue weighted by Gasteiger charge is -2.17. The molecule has 0 bridgehead atoms. The highest BCUT2D eigenvalue weighted by molar-refractivity contribution is 7.89. The predicted molar refractivity (Wildman–Crippen MR) is 102 cm³/mol. The van der Waals surface area contributed by atoms with Crippen LogP contribution in [0.1, 0.15) is 50.7 Å². The van der Waals surface area contributed by atoms with Crippen molar-refractivity contribution in [2.24, 2.45) is 0 Å². The molecule has 1 aliphatic rings. The van der Waals surface area contributed by atoms with Gasteiger partial charge in [-0.1, -0.05) is 19.9 Å². The van der Waals surface area contributed by atoms with Gasteiger partial charge >= 0.3 is 5.97 Å². The maximum Gasteiger partial charge on any atom is 0.321 e. The van der Waals surface area contributed by atoms with E-state index in [-0.39, 0.29) is 10.9 Å². The van der Waals surface area contributed by atoms with E-state index in [1.54, 1.807) is 12.1 Å². The Bertz CT molecular complexity index is 772. The molecule has 0 aliphatic heterocycles. The summed E-state index contributed by atoms with van der Waals surface area (Å²) >= 11 is 0. The Labute approximate surface area is 160 Å². The predicted octanol–water partition coefficient (Wildman–Crippen LogP) is 1.69. The van der Waals surface area contributed by atoms with Gasteiger partial charge in [-0.2, -0.15) is 4.72 Å². The number of hydrogen-bond acceptors (Lipinski definition) is 5. The first-order valence-electron chi connectivity index (χ1n) is 9.42. The maximum atomic E-state index is 12.4. The second-order valence-corrected chi connectivity index (χ2v) is 8.47. The number of rotatable bonds is 9. The van der Waals surface area contributed by atoms with Gasteiger partial charge in [0.1, 0.15) is 6.54 Å². The number of carbonyl (C=O) groups is 2. The zero-order valence-corrected chi connectivity index (χ0v) is 16.7. The summed E-state index contributed by atoms with van der Waals surface area (Å²) in [5.41, 5.74) is 2.23. The number of carbonyl (C=O) groups excluding carboxylic acids is 2. The van der Waals surface area contributed by atoms with Gasteiger partial charge in [-0.3, -0.25) is 9.59 Å². The molecule has 0 fully saturated rings. The van der Waals surface area contributed by atoms with Crippen molar-refractivity contribution >= 4 is 21.9 Å². The molecule has 0 radical (unpaired) electrons. The number of esters is 1. The number of benzene rings is 1. The average molecular weight is 397 g/mol. The largest absolute Gasteiger partial charge is 0.455 e. The van der Waals surface area contributed by atoms with Crippen LogP contribution in [0.25, 0.3) is 0 Å². The Kier molecular flexibility index (Phi) is 7.79. The lowest BCUT2D eigenvalue weighted by Crippen LogP contribution is -2.38. The maximum absolute atomic E-state index is 12.4. The minimum Gasteiger partial charge on any atom is -0.455 e. The fourth-order valence-corrected chi connectivity index (χ4v) is 4.09. The third-order valence-electron chi connectivity index (χ3n) is 4.75. The zero-order valence-electron chi connectivity index (χ0n) is 15.9. The van der Waals surface area contributed by atoms with E-state index in [1.807, 2.05) is 19.9 Å². The van der Waals surface area contributed by atoms with Crippen LogP contribution in [0.2, 0.25) is 0 Å². The van der Waals surface area contributed by atoms with E-state index in [1.165, 1.54) is 5.56 Å². The number of sulfonamides is 1. The molecule has 0 saturated carbocycles. The molecule has 8 heteroatoms. The van der Waals surface area contributed by atoms with Crippen LogP contribution in [0.3, 0.4) is 0 Å². The van der Waals surface area contributed by atoms with Crippen molar-refractivity contribution in [1.29, 1.82) is 0 Å². The lowest BCUT2D eigenvalue weighted by atomic mass is 9.92. The van der Waals surface area contributed by atoms with Gasteiger partial charge in [-0.25, -0.2) is 8.42 Å². The first-order chi connectivity index (χ1) is 12.9. The number of fused-ring (bicyclic) bond motifs is 1. The second kappa shape index (κ2) is 9.85. The van der Waals surface area contributed by atoms with Crippen molar-refractivity contribution in [3.63, 3.8) is 0 Å². The highest BCUT2D eigenvalue weighted by Gasteiger charge is 2.19. The third kappa shape index (κ3) is 6.32. The SMILES string of the molecule is CCC(CC)NC(=O)COC(=O)CNS(=O)(=O)c1ccc2c(c1)CCCC2. The first kappa shape index (κ1) is 21.4. The van der Waals surface area contributed by atoms with Crippen LogP contribution < -0.4 is 10.0 Å². The molecular formula is C19H28N2O5S. The Morgan fingerprint density at radius 1 is 1.11 bits per heavy atom. The topological polar surface area (TPSA) is 102 Å². The minimum absolute atomic E-state index is 0.0405. The van der Waals surface area contributed by atoms with Crippen molar-refractivity contribution in [3.8, 4) is 0 Å². The van der Waals surface area contributed by atoms with Crippen molar-refractivity contribution < 1.29 is 22.7 Å². The van der Waals surface area contributed by atoms with Crippen LogP contribution in [0.4, 0.5) is 0 Å². The summed E-state index contributed by atoms with van der Waals surface area (Å²) in [7, 11) is -3.81. The second-order valence-electron chi connectivity index (χ2n) is 6.70. The smallest absolute Gasteiger partial charge is 0.321 e. The molecule has 0 aromatic heterocycles. The standard InChI is InChI=1S/C19H28N2O5S/c1-3-16(4-2)21-18(22)13-26-19(23)12-20-27(24,25)17-10-9-14-7-5-6-8-15(14)11-17/h9-11,16,20H,3-8,12-13H2,1-2H3,(H,21,22). The van der Waals surface area contributed by atoms with Gasteiger partial charge in [0.25, 0.3) is 5.91 Å². The van der Waals surface area contributed by atoms with Gasteiger partial charge in [0.2, 0.25) is 10.0 Å². The van der Waals surface area contributed by atoms with Crippen molar-refractivity contribution in [3.05, 3.63) is 29.3 Å². The van der Waals surface area contributed by atoms with E-state index in [0.717, 1.165) is 44.1 Å². The van der Waals surface area contributed by atoms with Gasteiger partial charge in [0.05, 0.1) is 4.90 Å². The molecule has 2 rings (SSSR count). The molecule has 1 aromatic carbocycles. The first-order valence-corrected chi connectivity index (χ1v) is 10.9. The summed E-state index contributed by atoms with van der Waals surface area (Å²) < 4.78 is 31.8. The lowest BCUT2D eigenvalue weighted by molar-refractivity contribution is -0.147. The molecule has 27 heavy (non-hydrogen) atoms. The Morgan fingerprint density at radius 2 is 1.78 bits per heavy atom. The van der Waals surface area contributed by atoms with E-state index in [9.17, 15) is 18.0 Å². The van der Waals surface area contributed by atoms with E-state index in [4.69, 9.17) is 4.74 Å². The molecule has 0 saturated heterocycles. The Balaban J connectivity index is 1.84. The normalized spacial score (nSPS) is 13.9. The summed E-state index contributed by atoms with van der Waals surface area (Å²) in [4.78, 5) is 23.6. The van der Waals surface area contributed by atoms with Crippen molar-refractivity contribution in [2.45, 2.75) is 63.3 Å². The van der Waals surface area contributed by atoms with E-state index < -0.39 is 35.1 Å². The van der Waals surface area contributed by atoms with Crippen molar-refractivity contribution in [2.75, 3.05) is 13.2 Å². The fourth-order valence-electron chi connectivity index (χ4n) is 3.07. The highest BCUT2D eigenvalue weighted by atomic mass is 32.2. The van der Waals surface area contributed by atoms with Crippen LogP contribution in [0, 0.1) is 0 Å². The molecule has 1 amide bonds. The zero-order chi connectivity index (χ0) is 19.9. The van der Waals surface area contributed by atoms with Crippen LogP contribution in [0.15, 0.2) is 23.1 Å². The molecule has 7 nitrogen and oxygen atoms in total. The third-order valence-corrected chi connectivity index (χ3v) is 6.15. The minimum atomic E-state index is -3.81. The summed E-state index contributed by atoms with van der Waals surface area (Å²) in [6, 6.07) is 5.11. The summed E-state index contributed by atoms with van der Waals surface area (Å²) in [6.07, 6.45) is 5.58. The number of amides is 1. The van der Waals surface area contributed by atoms with E-state index >= 15 is 0 Å². The van der Waals surface area contributed by atoms with E-state index in [2.05, 4.69) is 10.0 Å². The molecule has 0 atom stereocenters. The number of aryl methyl sites for hydroxylation is 2. The summed E-state index contributed by atoms with van der Waals surface area (Å²) in [6.45, 7) is 2.97. The Hall–Kier alpha value is -1.93. The molecule has 0 spiro atoms. The summed E-state index contributed by atoms with van der Waals surface area (Å²) in [5, 5.41) is 2.74. The molecule has 1 aromatic rings. The fraction of sp³-hybridized carbons (Fsp3) is 0.579. The Morgan fingerprint density at radius 3 is 2.44 bits per heavy atom. The van der Waals surface area contributed by atoms with Gasteiger partial charge < -0.3 is 10.1 Å². The van der Waals surface area contributed by atoms with Gasteiger partial charge in [-0.15, -0.1) is 0 Å². The van der Waals surface area contributed by atoms with Gasteiger partial charge in [0, 0.05) is 6.04 Å². The quantitative estimate of drug-likeness (QED) is 0.619. The molecule has 150 valence electrons. The highest BCUT2D eigenvalue weighted by Crippen LogP contribution is 2.23.